The summed E-state index contributed by atoms with van der Waals surface area (Å²) in [6.07, 6.45) is -4.90. The molecule has 0 spiro atoms. The van der Waals surface area contributed by atoms with Gasteiger partial charge in [-0.2, -0.15) is 21.8 Å². The molecule has 43 heavy (non-hydrogen) atoms. The number of rotatable bonds is 9. The third-order valence-electron chi connectivity index (χ3n) is 7.56. The van der Waals surface area contributed by atoms with Crippen LogP contribution in [0.4, 0.5) is 18.9 Å². The molecule has 1 N–H and O–H groups in total. The van der Waals surface area contributed by atoms with Crippen LogP contribution in [0, 0.1) is 0 Å². The third kappa shape index (κ3) is 6.74. The Morgan fingerprint density at radius 1 is 0.930 bits per heavy atom. The highest BCUT2D eigenvalue weighted by Gasteiger charge is 2.51. The van der Waals surface area contributed by atoms with Gasteiger partial charge in [-0.25, -0.2) is 16.8 Å². The van der Waals surface area contributed by atoms with Crippen LogP contribution in [0.3, 0.4) is 0 Å². The Bertz CT molecular complexity index is 1630. The summed E-state index contributed by atoms with van der Waals surface area (Å²) >= 11 is 4.32. The minimum absolute atomic E-state index is 0.0156. The summed E-state index contributed by atoms with van der Waals surface area (Å²) in [4.78, 5) is 2.16. The van der Waals surface area contributed by atoms with Crippen molar-refractivity contribution in [1.29, 1.82) is 0 Å². The maximum atomic E-state index is 13.7. The monoisotopic (exact) mass is 657 g/mol. The summed E-state index contributed by atoms with van der Waals surface area (Å²) in [6.45, 7) is 4.07. The third-order valence-corrected chi connectivity index (χ3v) is 12.1. The Hall–Kier alpha value is -2.62. The molecule has 2 atom stereocenters. The summed E-state index contributed by atoms with van der Waals surface area (Å²) in [5.74, 6) is 0. The Morgan fingerprint density at radius 3 is 2.07 bits per heavy atom. The van der Waals surface area contributed by atoms with Gasteiger partial charge in [0.25, 0.3) is 0 Å². The van der Waals surface area contributed by atoms with Gasteiger partial charge in [0.2, 0.25) is 20.0 Å². The standard InChI is InChI=1S/C29H34F3N3O5S3/c1-21(2)35(42(37,38)25-9-5-4-6-10-25)20-24-19-33(43(39,40)27-12-8-7-11-26(27)41)17-18-34(24)23-15-13-22(14-16-23)28(3,36)29(30,31)32/h4-16,21,24,36,41H,17-20H2,1-3H3/t24-,28?/m1/s1. The van der Waals surface area contributed by atoms with Crippen molar-refractivity contribution in [1.82, 2.24) is 8.61 Å². The Kier molecular flexibility index (Phi) is 9.60. The van der Waals surface area contributed by atoms with Gasteiger partial charge in [0.1, 0.15) is 0 Å². The molecule has 1 heterocycles. The molecule has 0 aromatic heterocycles. The van der Waals surface area contributed by atoms with Crippen LogP contribution in [0.1, 0.15) is 26.3 Å². The van der Waals surface area contributed by atoms with E-state index in [4.69, 9.17) is 0 Å². The van der Waals surface area contributed by atoms with Crippen LogP contribution in [0.25, 0.3) is 0 Å². The second kappa shape index (κ2) is 12.4. The zero-order valence-electron chi connectivity index (χ0n) is 23.8. The van der Waals surface area contributed by atoms with E-state index in [0.717, 1.165) is 0 Å². The molecule has 0 aliphatic carbocycles. The van der Waals surface area contributed by atoms with Gasteiger partial charge in [-0.15, -0.1) is 12.6 Å². The molecule has 0 amide bonds. The normalized spacial score (nSPS) is 18.7. The number of hydrogen-bond donors (Lipinski definition) is 2. The van der Waals surface area contributed by atoms with E-state index < -0.39 is 43.9 Å². The molecule has 3 aromatic rings. The van der Waals surface area contributed by atoms with Crippen LogP contribution in [0.5, 0.6) is 0 Å². The number of alkyl halides is 3. The van der Waals surface area contributed by atoms with Gasteiger partial charge < -0.3 is 10.0 Å². The van der Waals surface area contributed by atoms with Crippen LogP contribution in [-0.2, 0) is 25.6 Å². The molecule has 1 aliphatic rings. The lowest BCUT2D eigenvalue weighted by Gasteiger charge is -2.44. The lowest BCUT2D eigenvalue weighted by Crippen LogP contribution is -2.59. The fourth-order valence-corrected chi connectivity index (χ4v) is 8.77. The Balaban J connectivity index is 1.74. The van der Waals surface area contributed by atoms with Crippen molar-refractivity contribution in [3.8, 4) is 0 Å². The number of benzene rings is 3. The van der Waals surface area contributed by atoms with Crippen molar-refractivity contribution in [2.75, 3.05) is 31.1 Å². The minimum Gasteiger partial charge on any atom is -0.376 e. The van der Waals surface area contributed by atoms with E-state index in [1.807, 2.05) is 0 Å². The van der Waals surface area contributed by atoms with E-state index in [-0.39, 0.29) is 46.4 Å². The van der Waals surface area contributed by atoms with Crippen LogP contribution in [0.2, 0.25) is 0 Å². The number of piperazine rings is 1. The smallest absolute Gasteiger partial charge is 0.376 e. The van der Waals surface area contributed by atoms with Crippen LogP contribution in [-0.4, -0.2) is 75.0 Å². The maximum Gasteiger partial charge on any atom is 0.421 e. The van der Waals surface area contributed by atoms with Gasteiger partial charge in [-0.1, -0.05) is 42.5 Å². The maximum absolute atomic E-state index is 13.7. The second-order valence-electron chi connectivity index (χ2n) is 10.8. The first kappa shape index (κ1) is 33.3. The number of hydrogen-bond acceptors (Lipinski definition) is 7. The molecule has 1 aliphatic heterocycles. The Labute approximate surface area is 256 Å². The fraction of sp³-hybridized carbons (Fsp3) is 0.379. The number of thiol groups is 1. The zero-order chi connectivity index (χ0) is 31.8. The minimum atomic E-state index is -4.90. The van der Waals surface area contributed by atoms with E-state index in [1.165, 1.54) is 51.1 Å². The first-order chi connectivity index (χ1) is 20.0. The molecule has 14 heteroatoms. The topological polar surface area (TPSA) is 98.2 Å². The number of sulfonamides is 2. The largest absolute Gasteiger partial charge is 0.421 e. The van der Waals surface area contributed by atoms with Gasteiger partial charge in [0.15, 0.2) is 5.60 Å². The number of halogens is 3. The average molecular weight is 658 g/mol. The van der Waals surface area contributed by atoms with Gasteiger partial charge in [0, 0.05) is 42.8 Å². The summed E-state index contributed by atoms with van der Waals surface area (Å²) in [5, 5.41) is 10.1. The van der Waals surface area contributed by atoms with Gasteiger partial charge >= 0.3 is 6.18 Å². The predicted molar refractivity (Wildman–Crippen MR) is 161 cm³/mol. The number of nitrogens with zero attached hydrogens (tertiary/aromatic N) is 3. The van der Waals surface area contributed by atoms with Crippen LogP contribution >= 0.6 is 12.6 Å². The molecular weight excluding hydrogens is 624 g/mol. The molecule has 1 saturated heterocycles. The fourth-order valence-electron chi connectivity index (χ4n) is 5.02. The molecule has 0 saturated carbocycles. The van der Waals surface area contributed by atoms with Crippen LogP contribution < -0.4 is 4.90 Å². The van der Waals surface area contributed by atoms with Crippen LogP contribution in [0.15, 0.2) is 93.5 Å². The van der Waals surface area contributed by atoms with Crippen molar-refractivity contribution < 1.29 is 35.1 Å². The van der Waals surface area contributed by atoms with Crippen molar-refractivity contribution in [3.05, 3.63) is 84.4 Å². The quantitative estimate of drug-likeness (QED) is 0.324. The highest BCUT2D eigenvalue weighted by Crippen LogP contribution is 2.39. The van der Waals surface area contributed by atoms with Crippen molar-refractivity contribution >= 4 is 38.4 Å². The van der Waals surface area contributed by atoms with Gasteiger partial charge in [-0.3, -0.25) is 0 Å². The van der Waals surface area contributed by atoms with Gasteiger partial charge in [0.05, 0.1) is 15.8 Å². The molecule has 4 rings (SSSR count). The average Bonchev–Trinajstić information content (AvgIpc) is 2.95. The highest BCUT2D eigenvalue weighted by atomic mass is 32.2. The molecule has 8 nitrogen and oxygen atoms in total. The SMILES string of the molecule is CC(C)N(C[C@H]1CN(S(=O)(=O)c2ccccc2S)CCN1c1ccc(C(C)(O)C(F)(F)F)cc1)S(=O)(=O)c1ccccc1. The number of aliphatic hydroxyl groups is 1. The molecule has 0 bridgehead atoms. The Morgan fingerprint density at radius 2 is 1.51 bits per heavy atom. The van der Waals surface area contributed by atoms with Crippen molar-refractivity contribution in [3.63, 3.8) is 0 Å². The summed E-state index contributed by atoms with van der Waals surface area (Å²) in [7, 11) is -8.00. The summed E-state index contributed by atoms with van der Waals surface area (Å²) < 4.78 is 97.7. The summed E-state index contributed by atoms with van der Waals surface area (Å²) in [5.41, 5.74) is -2.97. The van der Waals surface area contributed by atoms with Gasteiger partial charge in [-0.05, 0) is 62.7 Å². The predicted octanol–water partition coefficient (Wildman–Crippen LogP) is 4.72. The van der Waals surface area contributed by atoms with E-state index in [9.17, 15) is 35.1 Å². The van der Waals surface area contributed by atoms with E-state index in [2.05, 4.69) is 12.6 Å². The molecule has 234 valence electrons. The van der Waals surface area contributed by atoms with E-state index in [1.54, 1.807) is 55.1 Å². The lowest BCUT2D eigenvalue weighted by atomic mass is 9.95. The second-order valence-corrected chi connectivity index (χ2v) is 15.1. The first-order valence-corrected chi connectivity index (χ1v) is 16.8. The van der Waals surface area contributed by atoms with Crippen molar-refractivity contribution in [2.24, 2.45) is 0 Å². The summed E-state index contributed by atoms with van der Waals surface area (Å²) in [6, 6.07) is 18.1. The number of anilines is 1. The van der Waals surface area contributed by atoms with E-state index in [0.29, 0.717) is 12.6 Å². The molecule has 0 radical (unpaired) electrons. The zero-order valence-corrected chi connectivity index (χ0v) is 26.3. The first-order valence-electron chi connectivity index (χ1n) is 13.5. The molecular formula is C29H34F3N3O5S3. The van der Waals surface area contributed by atoms with Crippen molar-refractivity contribution in [2.45, 2.75) is 59.3 Å². The highest BCUT2D eigenvalue weighted by molar-refractivity contribution is 7.90. The molecule has 1 fully saturated rings. The molecule has 1 unspecified atom stereocenters. The molecule has 3 aromatic carbocycles. The lowest BCUT2D eigenvalue weighted by molar-refractivity contribution is -0.258. The van der Waals surface area contributed by atoms with E-state index >= 15 is 0 Å².